The minimum absolute atomic E-state index is 0.0292. The van der Waals surface area contributed by atoms with Crippen LogP contribution in [0.1, 0.15) is 6.42 Å². The molecule has 0 spiro atoms. The molecule has 0 saturated heterocycles. The lowest BCUT2D eigenvalue weighted by Gasteiger charge is -2.04. The van der Waals surface area contributed by atoms with Gasteiger partial charge in [0.15, 0.2) is 0 Å². The fraction of sp³-hybridized carbons (Fsp3) is 0.300. The summed E-state index contributed by atoms with van der Waals surface area (Å²) in [6.07, 6.45) is 0.426. The maximum Gasteiger partial charge on any atom is 0.269 e. The first-order valence-electron chi connectivity index (χ1n) is 4.83. The lowest BCUT2D eigenvalue weighted by molar-refractivity contribution is -0.384. The van der Waals surface area contributed by atoms with E-state index in [0.717, 1.165) is 0 Å². The van der Waals surface area contributed by atoms with Gasteiger partial charge >= 0.3 is 0 Å². The predicted octanol–water partition coefficient (Wildman–Crippen LogP) is 2.73. The van der Waals surface area contributed by atoms with Gasteiger partial charge < -0.3 is 5.32 Å². The van der Waals surface area contributed by atoms with Gasteiger partial charge in [0.1, 0.15) is 4.33 Å². The Kier molecular flexibility index (Phi) is 2.97. The highest BCUT2D eigenvalue weighted by Crippen LogP contribution is 2.53. The van der Waals surface area contributed by atoms with Gasteiger partial charge in [-0.25, -0.2) is 0 Å². The molecular weight excluding hydrogens is 267 g/mol. The van der Waals surface area contributed by atoms with Crippen LogP contribution in [-0.2, 0) is 4.79 Å². The largest absolute Gasteiger partial charge is 0.326 e. The molecule has 1 unspecified atom stereocenters. The number of anilines is 1. The third-order valence-corrected chi connectivity index (χ3v) is 3.32. The highest BCUT2D eigenvalue weighted by atomic mass is 35.5. The quantitative estimate of drug-likeness (QED) is 0.523. The predicted molar refractivity (Wildman–Crippen MR) is 64.3 cm³/mol. The Bertz CT molecular complexity index is 473. The molecule has 1 saturated carbocycles. The first-order valence-corrected chi connectivity index (χ1v) is 5.59. The first-order chi connectivity index (χ1) is 7.90. The molecule has 1 amide bonds. The number of rotatable bonds is 3. The van der Waals surface area contributed by atoms with Crippen LogP contribution in [0.25, 0.3) is 0 Å². The second-order valence-corrected chi connectivity index (χ2v) is 5.35. The topological polar surface area (TPSA) is 72.2 Å². The zero-order chi connectivity index (χ0) is 12.6. The summed E-state index contributed by atoms with van der Waals surface area (Å²) in [6, 6.07) is 5.55. The van der Waals surface area contributed by atoms with Crippen LogP contribution in [0.4, 0.5) is 11.4 Å². The molecule has 17 heavy (non-hydrogen) atoms. The van der Waals surface area contributed by atoms with Crippen LogP contribution in [0.3, 0.4) is 0 Å². The second-order valence-electron chi connectivity index (χ2n) is 3.81. The second kappa shape index (κ2) is 4.16. The van der Waals surface area contributed by atoms with Gasteiger partial charge in [-0.2, -0.15) is 0 Å². The lowest BCUT2D eigenvalue weighted by Crippen LogP contribution is -2.16. The van der Waals surface area contributed by atoms with Crippen LogP contribution in [0, 0.1) is 16.0 Å². The van der Waals surface area contributed by atoms with E-state index in [0.29, 0.717) is 12.1 Å². The number of hydrogen-bond donors (Lipinski definition) is 1. The van der Waals surface area contributed by atoms with Crippen molar-refractivity contribution < 1.29 is 9.72 Å². The molecule has 1 aromatic rings. The van der Waals surface area contributed by atoms with Gasteiger partial charge in [0.25, 0.3) is 5.69 Å². The lowest BCUT2D eigenvalue weighted by atomic mass is 10.2. The van der Waals surface area contributed by atoms with Gasteiger partial charge in [-0.05, 0) is 18.6 Å². The summed E-state index contributed by atoms with van der Waals surface area (Å²) in [5, 5.41) is 13.0. The monoisotopic (exact) mass is 274 g/mol. The first kappa shape index (κ1) is 12.1. The summed E-state index contributed by atoms with van der Waals surface area (Å²) in [7, 11) is 0. The number of hydrogen-bond acceptors (Lipinski definition) is 3. The van der Waals surface area contributed by atoms with Crippen molar-refractivity contribution in [2.75, 3.05) is 5.32 Å². The minimum atomic E-state index is -0.967. The standard InChI is InChI=1S/C10H8Cl2N2O3/c11-10(12)5-8(10)9(15)13-6-1-3-7(4-2-6)14(16)17/h1-4,8H,5H2,(H,13,15). The maximum atomic E-state index is 11.6. The highest BCUT2D eigenvalue weighted by Gasteiger charge is 2.56. The van der Waals surface area contributed by atoms with E-state index in [1.807, 2.05) is 0 Å². The molecule has 7 heteroatoms. The SMILES string of the molecule is O=C(Nc1ccc([N+](=O)[O-])cc1)C1CC1(Cl)Cl. The Morgan fingerprint density at radius 1 is 1.41 bits per heavy atom. The summed E-state index contributed by atoms with van der Waals surface area (Å²) < 4.78 is -0.967. The number of nitro groups is 1. The fourth-order valence-corrected chi connectivity index (χ4v) is 1.90. The van der Waals surface area contributed by atoms with Crippen molar-refractivity contribution in [3.05, 3.63) is 34.4 Å². The molecule has 0 heterocycles. The van der Waals surface area contributed by atoms with E-state index in [9.17, 15) is 14.9 Å². The number of amides is 1. The fourth-order valence-electron chi connectivity index (χ4n) is 1.39. The molecule has 90 valence electrons. The van der Waals surface area contributed by atoms with Crippen LogP contribution < -0.4 is 5.32 Å². The van der Waals surface area contributed by atoms with Crippen molar-refractivity contribution in [3.63, 3.8) is 0 Å². The van der Waals surface area contributed by atoms with Crippen LogP contribution in [0.5, 0.6) is 0 Å². The van der Waals surface area contributed by atoms with E-state index in [2.05, 4.69) is 5.32 Å². The summed E-state index contributed by atoms with van der Waals surface area (Å²) in [6.45, 7) is 0. The van der Waals surface area contributed by atoms with E-state index in [1.165, 1.54) is 24.3 Å². The maximum absolute atomic E-state index is 11.6. The van der Waals surface area contributed by atoms with E-state index in [1.54, 1.807) is 0 Å². The normalized spacial score (nSPS) is 20.7. The molecule has 5 nitrogen and oxygen atoms in total. The zero-order valence-corrected chi connectivity index (χ0v) is 10.0. The van der Waals surface area contributed by atoms with Crippen LogP contribution >= 0.6 is 23.2 Å². The zero-order valence-electron chi connectivity index (χ0n) is 8.52. The Balaban J connectivity index is 2.00. The molecular formula is C10H8Cl2N2O3. The van der Waals surface area contributed by atoms with Gasteiger partial charge in [-0.15, -0.1) is 23.2 Å². The summed E-state index contributed by atoms with van der Waals surface area (Å²) in [5.41, 5.74) is 0.454. The average Bonchev–Trinajstić information content (AvgIpc) is 2.89. The molecule has 1 aromatic carbocycles. The van der Waals surface area contributed by atoms with Gasteiger partial charge in [-0.3, -0.25) is 14.9 Å². The molecule has 1 aliphatic rings. The number of non-ortho nitro benzene ring substituents is 1. The smallest absolute Gasteiger partial charge is 0.269 e. The number of carbonyl (C=O) groups is 1. The van der Waals surface area contributed by atoms with Gasteiger partial charge in [0.2, 0.25) is 5.91 Å². The van der Waals surface area contributed by atoms with E-state index in [4.69, 9.17) is 23.2 Å². The Labute approximate surface area is 107 Å². The van der Waals surface area contributed by atoms with E-state index < -0.39 is 15.2 Å². The molecule has 2 rings (SSSR count). The number of nitrogens with zero attached hydrogens (tertiary/aromatic N) is 1. The average molecular weight is 275 g/mol. The summed E-state index contributed by atoms with van der Waals surface area (Å²) in [4.78, 5) is 21.5. The number of alkyl halides is 2. The Hall–Kier alpha value is -1.33. The molecule has 0 bridgehead atoms. The number of halogens is 2. The van der Waals surface area contributed by atoms with Crippen molar-refractivity contribution >= 4 is 40.5 Å². The highest BCUT2D eigenvalue weighted by molar-refractivity contribution is 6.52. The Morgan fingerprint density at radius 3 is 2.35 bits per heavy atom. The third-order valence-electron chi connectivity index (χ3n) is 2.49. The van der Waals surface area contributed by atoms with Crippen LogP contribution in [0.2, 0.25) is 0 Å². The van der Waals surface area contributed by atoms with Crippen molar-refractivity contribution in [2.45, 2.75) is 10.8 Å². The molecule has 1 atom stereocenters. The van der Waals surface area contributed by atoms with Crippen LogP contribution in [-0.4, -0.2) is 15.2 Å². The molecule has 0 aromatic heterocycles. The molecule has 0 radical (unpaired) electrons. The number of nitrogens with one attached hydrogen (secondary N) is 1. The minimum Gasteiger partial charge on any atom is -0.326 e. The Morgan fingerprint density at radius 2 is 1.94 bits per heavy atom. The van der Waals surface area contributed by atoms with Crippen LogP contribution in [0.15, 0.2) is 24.3 Å². The number of benzene rings is 1. The molecule has 1 N–H and O–H groups in total. The van der Waals surface area contributed by atoms with Crippen molar-refractivity contribution in [2.24, 2.45) is 5.92 Å². The van der Waals surface area contributed by atoms with Crippen molar-refractivity contribution in [1.29, 1.82) is 0 Å². The number of carbonyl (C=O) groups excluding carboxylic acids is 1. The summed E-state index contributed by atoms with van der Waals surface area (Å²) >= 11 is 11.5. The van der Waals surface area contributed by atoms with Crippen molar-refractivity contribution in [3.8, 4) is 0 Å². The molecule has 0 aliphatic heterocycles. The number of nitro benzene ring substituents is 1. The third kappa shape index (κ3) is 2.68. The summed E-state index contributed by atoms with van der Waals surface area (Å²) in [5.74, 6) is -0.690. The molecule has 1 aliphatic carbocycles. The van der Waals surface area contributed by atoms with Gasteiger partial charge in [0.05, 0.1) is 10.8 Å². The van der Waals surface area contributed by atoms with Crippen molar-refractivity contribution in [1.82, 2.24) is 0 Å². The van der Waals surface area contributed by atoms with E-state index in [-0.39, 0.29) is 11.6 Å². The molecule has 1 fully saturated rings. The van der Waals surface area contributed by atoms with E-state index >= 15 is 0 Å². The van der Waals surface area contributed by atoms with Gasteiger partial charge in [0, 0.05) is 17.8 Å². The van der Waals surface area contributed by atoms with Gasteiger partial charge in [-0.1, -0.05) is 0 Å².